The van der Waals surface area contributed by atoms with Crippen LogP contribution in [0.1, 0.15) is 32.6 Å². The fraction of sp³-hybridized carbons (Fsp3) is 0.929. The normalized spacial score (nSPS) is 19.4. The van der Waals surface area contributed by atoms with Crippen LogP contribution >= 0.6 is 0 Å². The highest BCUT2D eigenvalue weighted by molar-refractivity contribution is 7.90. The maximum Gasteiger partial charge on any atom is 0.239 e. The van der Waals surface area contributed by atoms with Crippen LogP contribution in [0.4, 0.5) is 0 Å². The maximum atomic E-state index is 12.3. The van der Waals surface area contributed by atoms with Crippen molar-refractivity contribution in [2.75, 3.05) is 38.7 Å². The number of piperidine rings is 1. The second kappa shape index (κ2) is 8.10. The predicted molar refractivity (Wildman–Crippen MR) is 84.8 cm³/mol. The Morgan fingerprint density at radius 1 is 1.38 bits per heavy atom. The van der Waals surface area contributed by atoms with Crippen LogP contribution in [0.5, 0.6) is 0 Å². The van der Waals surface area contributed by atoms with Crippen LogP contribution in [0.3, 0.4) is 0 Å². The van der Waals surface area contributed by atoms with Gasteiger partial charge in [0.2, 0.25) is 5.91 Å². The lowest BCUT2D eigenvalue weighted by Gasteiger charge is -2.37. The van der Waals surface area contributed by atoms with E-state index in [0.717, 1.165) is 45.2 Å². The number of hydrogen-bond acceptors (Lipinski definition) is 5. The molecule has 0 saturated carbocycles. The molecule has 0 radical (unpaired) electrons. The average Bonchev–Trinajstić information content (AvgIpc) is 2.43. The summed E-state index contributed by atoms with van der Waals surface area (Å²) < 4.78 is 22.3. The van der Waals surface area contributed by atoms with Crippen molar-refractivity contribution in [2.45, 2.75) is 44.7 Å². The summed E-state index contributed by atoms with van der Waals surface area (Å²) in [6, 6.07) is -0.506. The Balaban J connectivity index is 2.44. The van der Waals surface area contributed by atoms with Crippen LogP contribution in [0, 0.1) is 0 Å². The topological polar surface area (TPSA) is 83.7 Å². The first kappa shape index (κ1) is 18.4. The van der Waals surface area contributed by atoms with E-state index in [4.69, 9.17) is 5.73 Å². The largest absolute Gasteiger partial charge is 0.341 e. The Labute approximate surface area is 128 Å². The fourth-order valence-electron chi connectivity index (χ4n) is 2.75. The van der Waals surface area contributed by atoms with Gasteiger partial charge in [0.1, 0.15) is 9.84 Å². The molecule has 1 amide bonds. The van der Waals surface area contributed by atoms with Crippen molar-refractivity contribution in [2.24, 2.45) is 5.73 Å². The summed E-state index contributed by atoms with van der Waals surface area (Å²) in [6.07, 6.45) is 4.42. The lowest BCUT2D eigenvalue weighted by atomic mass is 10.0. The van der Waals surface area contributed by atoms with E-state index in [1.54, 1.807) is 11.9 Å². The summed E-state index contributed by atoms with van der Waals surface area (Å²) in [7, 11) is -1.29. The molecule has 0 aromatic rings. The molecule has 1 unspecified atom stereocenters. The molecule has 1 aliphatic rings. The van der Waals surface area contributed by atoms with Crippen LogP contribution in [0.2, 0.25) is 0 Å². The number of rotatable bonds is 7. The lowest BCUT2D eigenvalue weighted by molar-refractivity contribution is -0.134. The van der Waals surface area contributed by atoms with E-state index >= 15 is 0 Å². The minimum Gasteiger partial charge on any atom is -0.341 e. The van der Waals surface area contributed by atoms with Crippen LogP contribution in [0.25, 0.3) is 0 Å². The zero-order valence-electron chi connectivity index (χ0n) is 13.4. The molecule has 2 N–H and O–H groups in total. The molecule has 124 valence electrons. The Morgan fingerprint density at radius 3 is 2.43 bits per heavy atom. The highest BCUT2D eigenvalue weighted by Gasteiger charge is 2.28. The number of nitrogens with two attached hydrogens (primary N) is 1. The zero-order chi connectivity index (χ0) is 16.0. The number of likely N-dealkylation sites (tertiary alicyclic amines) is 1. The first-order valence-electron chi connectivity index (χ1n) is 7.67. The Hall–Kier alpha value is -0.660. The van der Waals surface area contributed by atoms with Crippen LogP contribution < -0.4 is 5.73 Å². The number of nitrogens with zero attached hydrogens (tertiary/aromatic N) is 2. The highest BCUT2D eigenvalue weighted by atomic mass is 32.2. The summed E-state index contributed by atoms with van der Waals surface area (Å²) >= 11 is 0. The molecular weight excluding hydrogens is 290 g/mol. The van der Waals surface area contributed by atoms with E-state index in [2.05, 4.69) is 11.8 Å². The minimum absolute atomic E-state index is 0.0390. The van der Waals surface area contributed by atoms with Crippen LogP contribution in [-0.2, 0) is 14.6 Å². The Bertz CT molecular complexity index is 431. The van der Waals surface area contributed by atoms with Crippen molar-refractivity contribution in [3.8, 4) is 0 Å². The lowest BCUT2D eigenvalue weighted by Crippen LogP contribution is -2.50. The third-order valence-corrected chi connectivity index (χ3v) is 5.09. The van der Waals surface area contributed by atoms with Crippen LogP contribution in [0.15, 0.2) is 0 Å². The monoisotopic (exact) mass is 319 g/mol. The van der Waals surface area contributed by atoms with Gasteiger partial charge in [-0.2, -0.15) is 0 Å². The van der Waals surface area contributed by atoms with Gasteiger partial charge in [-0.25, -0.2) is 8.42 Å². The second-order valence-corrected chi connectivity index (χ2v) is 8.31. The van der Waals surface area contributed by atoms with E-state index < -0.39 is 15.9 Å². The second-order valence-electron chi connectivity index (χ2n) is 6.05. The highest BCUT2D eigenvalue weighted by Crippen LogP contribution is 2.16. The summed E-state index contributed by atoms with van der Waals surface area (Å²) in [6.45, 7) is 5.30. The number of sulfone groups is 1. The molecule has 1 saturated heterocycles. The molecule has 6 nitrogen and oxygen atoms in total. The van der Waals surface area contributed by atoms with E-state index in [-0.39, 0.29) is 24.1 Å². The molecule has 1 aliphatic heterocycles. The minimum atomic E-state index is -3.07. The molecule has 1 rings (SSSR count). The fourth-order valence-corrected chi connectivity index (χ4v) is 3.43. The molecule has 0 aromatic carbocycles. The first-order valence-corrected chi connectivity index (χ1v) is 9.73. The van der Waals surface area contributed by atoms with E-state index in [0.29, 0.717) is 0 Å². The van der Waals surface area contributed by atoms with Gasteiger partial charge in [0.05, 0.1) is 11.8 Å². The van der Waals surface area contributed by atoms with Crippen molar-refractivity contribution in [3.05, 3.63) is 0 Å². The molecule has 1 atom stereocenters. The number of likely N-dealkylation sites (N-methyl/N-ethyl adjacent to an activating group) is 1. The van der Waals surface area contributed by atoms with Crippen molar-refractivity contribution >= 4 is 15.7 Å². The quantitative estimate of drug-likeness (QED) is 0.718. The van der Waals surface area contributed by atoms with Gasteiger partial charge in [-0.05, 0) is 32.2 Å². The van der Waals surface area contributed by atoms with Crippen molar-refractivity contribution < 1.29 is 13.2 Å². The molecule has 0 aromatic heterocycles. The predicted octanol–water partition coefficient (Wildman–Crippen LogP) is 0.0812. The molecule has 0 aliphatic carbocycles. The van der Waals surface area contributed by atoms with E-state index in [1.165, 1.54) is 0 Å². The van der Waals surface area contributed by atoms with Gasteiger partial charge in [-0.15, -0.1) is 0 Å². The molecular formula is C14H29N3O3S. The first-order chi connectivity index (χ1) is 9.74. The Morgan fingerprint density at radius 2 is 1.95 bits per heavy atom. The number of carbonyl (C=O) groups is 1. The third kappa shape index (κ3) is 6.32. The van der Waals surface area contributed by atoms with Gasteiger partial charge >= 0.3 is 0 Å². The van der Waals surface area contributed by atoms with Crippen LogP contribution in [-0.4, -0.2) is 74.9 Å². The average molecular weight is 319 g/mol. The van der Waals surface area contributed by atoms with Gasteiger partial charge in [0.25, 0.3) is 0 Å². The van der Waals surface area contributed by atoms with E-state index in [9.17, 15) is 13.2 Å². The summed E-state index contributed by atoms with van der Waals surface area (Å²) in [5.41, 5.74) is 5.84. The van der Waals surface area contributed by atoms with Crippen molar-refractivity contribution in [3.63, 3.8) is 0 Å². The summed E-state index contributed by atoms with van der Waals surface area (Å²) in [5, 5.41) is 0. The van der Waals surface area contributed by atoms with Gasteiger partial charge in [-0.3, -0.25) is 4.79 Å². The molecule has 1 fully saturated rings. The molecule has 0 spiro atoms. The van der Waals surface area contributed by atoms with Crippen molar-refractivity contribution in [1.82, 2.24) is 9.80 Å². The van der Waals surface area contributed by atoms with Gasteiger partial charge in [0, 0.05) is 32.4 Å². The summed E-state index contributed by atoms with van der Waals surface area (Å²) in [5.74, 6) is -0.185. The van der Waals surface area contributed by atoms with E-state index in [1.807, 2.05) is 0 Å². The summed E-state index contributed by atoms with van der Waals surface area (Å²) in [4.78, 5) is 16.4. The number of amides is 1. The third-order valence-electron chi connectivity index (χ3n) is 4.11. The van der Waals surface area contributed by atoms with Gasteiger partial charge < -0.3 is 15.5 Å². The standard InChI is InChI=1S/C14H29N3O3S/c1-4-8-17-9-5-12(6-10-17)16(2)14(18)13(15)7-11-21(3,19)20/h12-13H,4-11,15H2,1-3H3. The Kier molecular flexibility index (Phi) is 7.09. The molecule has 1 heterocycles. The molecule has 0 bridgehead atoms. The maximum absolute atomic E-state index is 12.3. The molecule has 21 heavy (non-hydrogen) atoms. The van der Waals surface area contributed by atoms with Gasteiger partial charge in [-0.1, -0.05) is 6.92 Å². The zero-order valence-corrected chi connectivity index (χ0v) is 14.2. The number of hydrogen-bond donors (Lipinski definition) is 1. The molecule has 7 heteroatoms. The smallest absolute Gasteiger partial charge is 0.239 e. The van der Waals surface area contributed by atoms with Crippen molar-refractivity contribution in [1.29, 1.82) is 0 Å². The van der Waals surface area contributed by atoms with Gasteiger partial charge in [0.15, 0.2) is 0 Å². The SMILES string of the molecule is CCCN1CCC(N(C)C(=O)C(N)CCS(C)(=O)=O)CC1. The number of carbonyl (C=O) groups excluding carboxylic acids is 1.